The number of nitrogens with zero attached hydrogens (tertiary/aromatic N) is 1. The Kier molecular flexibility index (Phi) is 8.16. The molecule has 0 aromatic carbocycles. The van der Waals surface area contributed by atoms with Gasteiger partial charge in [0.15, 0.2) is 0 Å². The fourth-order valence-corrected chi connectivity index (χ4v) is 4.13. The van der Waals surface area contributed by atoms with Crippen LogP contribution in [0.5, 0.6) is 0 Å². The molecule has 1 heterocycles. The summed E-state index contributed by atoms with van der Waals surface area (Å²) in [6, 6.07) is -0.570. The minimum atomic E-state index is -3.33. The number of ether oxygens (including phenoxy) is 1. The van der Waals surface area contributed by atoms with Gasteiger partial charge < -0.3 is 15.2 Å². The summed E-state index contributed by atoms with van der Waals surface area (Å²) in [6.07, 6.45) is 2.49. The molecule has 1 unspecified atom stereocenters. The number of carbonyl (C=O) groups excluding carboxylic acids is 1. The van der Waals surface area contributed by atoms with Crippen LogP contribution in [0.4, 0.5) is 0 Å². The lowest BCUT2D eigenvalue weighted by Crippen LogP contribution is -2.46. The zero-order valence-electron chi connectivity index (χ0n) is 12.6. The summed E-state index contributed by atoms with van der Waals surface area (Å²) in [5, 5.41) is 11.3. The molecule has 8 heteroatoms. The Bertz CT molecular complexity index is 413. The number of aliphatic hydroxyl groups is 1. The molecule has 1 rings (SSSR count). The molecule has 21 heavy (non-hydrogen) atoms. The van der Waals surface area contributed by atoms with Gasteiger partial charge in [0.1, 0.15) is 6.04 Å². The molecule has 7 nitrogen and oxygen atoms in total. The number of sulfonamides is 1. The monoisotopic (exact) mass is 322 g/mol. The molecule has 0 saturated carbocycles. The molecule has 1 atom stereocenters. The first-order valence-corrected chi connectivity index (χ1v) is 9.09. The molecule has 1 saturated heterocycles. The van der Waals surface area contributed by atoms with Crippen molar-refractivity contribution < 1.29 is 23.1 Å². The van der Waals surface area contributed by atoms with Crippen LogP contribution in [-0.4, -0.2) is 68.4 Å². The van der Waals surface area contributed by atoms with Gasteiger partial charge in [0.2, 0.25) is 15.9 Å². The van der Waals surface area contributed by atoms with E-state index in [0.29, 0.717) is 45.6 Å². The Balaban J connectivity index is 2.39. The van der Waals surface area contributed by atoms with E-state index in [-0.39, 0.29) is 18.3 Å². The van der Waals surface area contributed by atoms with Crippen LogP contribution in [0.3, 0.4) is 0 Å². The van der Waals surface area contributed by atoms with Crippen molar-refractivity contribution in [1.82, 2.24) is 9.62 Å². The van der Waals surface area contributed by atoms with Crippen LogP contribution < -0.4 is 5.32 Å². The average Bonchev–Trinajstić information content (AvgIpc) is 2.92. The number of rotatable bonds is 10. The molecule has 0 bridgehead atoms. The number of carbonyl (C=O) groups is 1. The van der Waals surface area contributed by atoms with Crippen LogP contribution in [0.2, 0.25) is 0 Å². The number of amides is 1. The molecule has 1 amide bonds. The molecular formula is C13H26N2O5S. The maximum Gasteiger partial charge on any atom is 0.238 e. The van der Waals surface area contributed by atoms with Gasteiger partial charge in [-0.3, -0.25) is 4.79 Å². The molecule has 2 N–H and O–H groups in total. The Labute approximate surface area is 126 Å². The largest absolute Gasteiger partial charge is 0.394 e. The molecule has 1 fully saturated rings. The maximum atomic E-state index is 12.1. The van der Waals surface area contributed by atoms with E-state index in [1.165, 1.54) is 4.31 Å². The number of aliphatic hydroxyl groups excluding tert-OH is 1. The van der Waals surface area contributed by atoms with Gasteiger partial charge in [0.25, 0.3) is 0 Å². The van der Waals surface area contributed by atoms with Gasteiger partial charge in [-0.1, -0.05) is 6.92 Å². The highest BCUT2D eigenvalue weighted by atomic mass is 32.2. The van der Waals surface area contributed by atoms with Gasteiger partial charge in [-0.15, -0.1) is 0 Å². The third-order valence-electron chi connectivity index (χ3n) is 3.33. The molecule has 0 aliphatic carbocycles. The highest BCUT2D eigenvalue weighted by molar-refractivity contribution is 7.89. The molecular weight excluding hydrogens is 296 g/mol. The van der Waals surface area contributed by atoms with E-state index in [1.54, 1.807) is 0 Å². The Morgan fingerprint density at radius 3 is 2.86 bits per heavy atom. The van der Waals surface area contributed by atoms with E-state index in [2.05, 4.69) is 5.32 Å². The van der Waals surface area contributed by atoms with Crippen LogP contribution in [0.1, 0.15) is 32.6 Å². The Morgan fingerprint density at radius 2 is 2.19 bits per heavy atom. The van der Waals surface area contributed by atoms with Crippen molar-refractivity contribution in [2.75, 3.05) is 38.7 Å². The summed E-state index contributed by atoms with van der Waals surface area (Å²) >= 11 is 0. The summed E-state index contributed by atoms with van der Waals surface area (Å²) < 4.78 is 30.6. The summed E-state index contributed by atoms with van der Waals surface area (Å²) in [7, 11) is -3.33. The second-order valence-electron chi connectivity index (χ2n) is 5.07. The van der Waals surface area contributed by atoms with Crippen molar-refractivity contribution in [3.05, 3.63) is 0 Å². The summed E-state index contributed by atoms with van der Waals surface area (Å²) in [5.41, 5.74) is 0. The molecule has 0 aromatic heterocycles. The third kappa shape index (κ3) is 5.90. The number of hydrogen-bond donors (Lipinski definition) is 2. The second-order valence-corrected chi connectivity index (χ2v) is 7.11. The van der Waals surface area contributed by atoms with Crippen molar-refractivity contribution in [3.63, 3.8) is 0 Å². The lowest BCUT2D eigenvalue weighted by atomic mass is 10.2. The lowest BCUT2D eigenvalue weighted by Gasteiger charge is -2.23. The van der Waals surface area contributed by atoms with Crippen LogP contribution in [0, 0.1) is 0 Å². The van der Waals surface area contributed by atoms with Crippen LogP contribution in [-0.2, 0) is 19.6 Å². The normalized spacial score (nSPS) is 19.8. The zero-order chi connectivity index (χ0) is 15.7. The minimum absolute atomic E-state index is 0.0152. The van der Waals surface area contributed by atoms with Gasteiger partial charge in [0, 0.05) is 19.7 Å². The number of nitrogens with one attached hydrogen (secondary N) is 1. The van der Waals surface area contributed by atoms with Gasteiger partial charge >= 0.3 is 0 Å². The minimum Gasteiger partial charge on any atom is -0.394 e. The zero-order valence-corrected chi connectivity index (χ0v) is 13.4. The Morgan fingerprint density at radius 1 is 1.43 bits per heavy atom. The van der Waals surface area contributed by atoms with E-state index in [4.69, 9.17) is 9.84 Å². The smallest absolute Gasteiger partial charge is 0.238 e. The first kappa shape index (κ1) is 18.3. The van der Waals surface area contributed by atoms with Gasteiger partial charge in [-0.25, -0.2) is 8.42 Å². The SMILES string of the molecule is CCCS(=O)(=O)N1CCCC1C(=O)NCCCOCCO. The number of hydrogen-bond acceptors (Lipinski definition) is 5. The van der Waals surface area contributed by atoms with E-state index in [9.17, 15) is 13.2 Å². The van der Waals surface area contributed by atoms with E-state index in [1.807, 2.05) is 6.92 Å². The Hall–Kier alpha value is -0.700. The topological polar surface area (TPSA) is 95.9 Å². The van der Waals surface area contributed by atoms with Crippen molar-refractivity contribution in [1.29, 1.82) is 0 Å². The predicted octanol–water partition coefficient (Wildman–Crippen LogP) is -0.294. The second kappa shape index (κ2) is 9.34. The van der Waals surface area contributed by atoms with Crippen molar-refractivity contribution in [3.8, 4) is 0 Å². The predicted molar refractivity (Wildman–Crippen MR) is 79.3 cm³/mol. The van der Waals surface area contributed by atoms with E-state index < -0.39 is 16.1 Å². The third-order valence-corrected chi connectivity index (χ3v) is 5.40. The van der Waals surface area contributed by atoms with Crippen molar-refractivity contribution in [2.45, 2.75) is 38.6 Å². The fraction of sp³-hybridized carbons (Fsp3) is 0.923. The first-order chi connectivity index (χ1) is 10.0. The van der Waals surface area contributed by atoms with Gasteiger partial charge in [-0.05, 0) is 25.7 Å². The molecule has 124 valence electrons. The quantitative estimate of drug-likeness (QED) is 0.539. The standard InChI is InChI=1S/C13H26N2O5S/c1-2-11-21(18,19)15-7-3-5-12(15)13(17)14-6-4-9-20-10-8-16/h12,16H,2-11H2,1H3,(H,14,17). The van der Waals surface area contributed by atoms with Gasteiger partial charge in [-0.2, -0.15) is 4.31 Å². The maximum absolute atomic E-state index is 12.1. The van der Waals surface area contributed by atoms with Gasteiger partial charge in [0.05, 0.1) is 19.0 Å². The molecule has 1 aliphatic rings. The molecule has 1 aliphatic heterocycles. The lowest BCUT2D eigenvalue weighted by molar-refractivity contribution is -0.124. The van der Waals surface area contributed by atoms with Crippen molar-refractivity contribution in [2.24, 2.45) is 0 Å². The molecule has 0 radical (unpaired) electrons. The highest BCUT2D eigenvalue weighted by Crippen LogP contribution is 2.21. The molecule has 0 spiro atoms. The van der Waals surface area contributed by atoms with Crippen LogP contribution in [0.25, 0.3) is 0 Å². The summed E-state index contributed by atoms with van der Waals surface area (Å²) in [4.78, 5) is 12.1. The average molecular weight is 322 g/mol. The van der Waals surface area contributed by atoms with Crippen molar-refractivity contribution >= 4 is 15.9 Å². The van der Waals surface area contributed by atoms with Crippen LogP contribution >= 0.6 is 0 Å². The van der Waals surface area contributed by atoms with E-state index >= 15 is 0 Å². The van der Waals surface area contributed by atoms with E-state index in [0.717, 1.165) is 6.42 Å². The summed E-state index contributed by atoms with van der Waals surface area (Å²) in [5.74, 6) is -0.138. The first-order valence-electron chi connectivity index (χ1n) is 7.48. The highest BCUT2D eigenvalue weighted by Gasteiger charge is 2.37. The summed E-state index contributed by atoms with van der Waals surface area (Å²) in [6.45, 7) is 3.43. The van der Waals surface area contributed by atoms with Crippen LogP contribution in [0.15, 0.2) is 0 Å². The molecule has 0 aromatic rings. The fourth-order valence-electron chi connectivity index (χ4n) is 2.38.